The summed E-state index contributed by atoms with van der Waals surface area (Å²) in [6.07, 6.45) is 2.18. The summed E-state index contributed by atoms with van der Waals surface area (Å²) in [5.74, 6) is 0. The van der Waals surface area contributed by atoms with Crippen LogP contribution in [0.5, 0.6) is 0 Å². The first-order valence-electron chi connectivity index (χ1n) is 6.77. The highest BCUT2D eigenvalue weighted by molar-refractivity contribution is 6.33. The molecule has 6 heteroatoms. The Morgan fingerprint density at radius 1 is 1.45 bits per heavy atom. The first-order valence-corrected chi connectivity index (χ1v) is 7.14. The van der Waals surface area contributed by atoms with Gasteiger partial charge in [0.1, 0.15) is 10.7 Å². The summed E-state index contributed by atoms with van der Waals surface area (Å²) in [6, 6.07) is 4.99. The molecule has 0 amide bonds. The maximum Gasteiger partial charge on any atom is 0.310 e. The Bertz CT molecular complexity index is 499. The first kappa shape index (κ1) is 15.1. The van der Waals surface area contributed by atoms with Crippen LogP contribution >= 0.6 is 11.6 Å². The molecule has 0 atom stereocenters. The van der Waals surface area contributed by atoms with E-state index in [1.807, 2.05) is 0 Å². The van der Waals surface area contributed by atoms with E-state index in [0.29, 0.717) is 5.69 Å². The molecular weight excluding hydrogens is 278 g/mol. The van der Waals surface area contributed by atoms with Crippen LogP contribution in [0.15, 0.2) is 18.2 Å². The molecule has 110 valence electrons. The van der Waals surface area contributed by atoms with Crippen LogP contribution in [-0.2, 0) is 0 Å². The standard InChI is InChI=1S/C14H20ClN3O2/c1-14(6-8-17(2)9-7-14)10-16-12-5-3-4-11(15)13(12)18(19)20/h3-5,16H,6-10H2,1-2H3. The van der Waals surface area contributed by atoms with E-state index in [1.165, 1.54) is 0 Å². The Kier molecular flexibility index (Phi) is 4.50. The molecule has 1 aliphatic rings. The van der Waals surface area contributed by atoms with Crippen molar-refractivity contribution in [3.63, 3.8) is 0 Å². The summed E-state index contributed by atoms with van der Waals surface area (Å²) in [6.45, 7) is 5.08. The summed E-state index contributed by atoms with van der Waals surface area (Å²) >= 11 is 5.91. The highest BCUT2D eigenvalue weighted by Crippen LogP contribution is 2.35. The number of hydrogen-bond donors (Lipinski definition) is 1. The van der Waals surface area contributed by atoms with Gasteiger partial charge in [0.15, 0.2) is 0 Å². The molecular formula is C14H20ClN3O2. The van der Waals surface area contributed by atoms with Crippen LogP contribution in [0.1, 0.15) is 19.8 Å². The van der Waals surface area contributed by atoms with Crippen LogP contribution in [0.25, 0.3) is 0 Å². The Hall–Kier alpha value is -1.33. The highest BCUT2D eigenvalue weighted by Gasteiger charge is 2.29. The van der Waals surface area contributed by atoms with Gasteiger partial charge in [-0.3, -0.25) is 10.1 Å². The van der Waals surface area contributed by atoms with E-state index >= 15 is 0 Å². The predicted molar refractivity (Wildman–Crippen MR) is 81.4 cm³/mol. The minimum Gasteiger partial charge on any atom is -0.379 e. The normalized spacial score (nSPS) is 18.8. The number of nitrogens with zero attached hydrogens (tertiary/aromatic N) is 2. The van der Waals surface area contributed by atoms with Gasteiger partial charge in [0, 0.05) is 6.54 Å². The van der Waals surface area contributed by atoms with E-state index in [2.05, 4.69) is 24.2 Å². The molecule has 0 aromatic heterocycles. The zero-order chi connectivity index (χ0) is 14.8. The number of halogens is 1. The van der Waals surface area contributed by atoms with Crippen molar-refractivity contribution in [1.29, 1.82) is 0 Å². The molecule has 1 aromatic carbocycles. The van der Waals surface area contributed by atoms with Gasteiger partial charge in [-0.05, 0) is 50.5 Å². The largest absolute Gasteiger partial charge is 0.379 e. The lowest BCUT2D eigenvalue weighted by Crippen LogP contribution is -2.40. The molecule has 1 N–H and O–H groups in total. The number of anilines is 1. The number of para-hydroxylation sites is 1. The van der Waals surface area contributed by atoms with Crippen molar-refractivity contribution in [1.82, 2.24) is 4.90 Å². The average molecular weight is 298 g/mol. The predicted octanol–water partition coefficient (Wildman–Crippen LogP) is 3.39. The highest BCUT2D eigenvalue weighted by atomic mass is 35.5. The molecule has 0 aliphatic carbocycles. The second-order valence-corrected chi connectivity index (χ2v) is 6.27. The molecule has 0 bridgehead atoms. The van der Waals surface area contributed by atoms with Crippen molar-refractivity contribution >= 4 is 23.0 Å². The number of hydrogen-bond acceptors (Lipinski definition) is 4. The van der Waals surface area contributed by atoms with Gasteiger partial charge in [-0.2, -0.15) is 0 Å². The van der Waals surface area contributed by atoms with Crippen molar-refractivity contribution < 1.29 is 4.92 Å². The molecule has 0 radical (unpaired) electrons. The second-order valence-electron chi connectivity index (χ2n) is 5.86. The molecule has 0 saturated carbocycles. The van der Waals surface area contributed by atoms with E-state index in [4.69, 9.17) is 11.6 Å². The second kappa shape index (κ2) is 5.97. The molecule has 0 unspecified atom stereocenters. The first-order chi connectivity index (χ1) is 9.41. The van der Waals surface area contributed by atoms with Crippen LogP contribution in [-0.4, -0.2) is 36.5 Å². The van der Waals surface area contributed by atoms with E-state index < -0.39 is 4.92 Å². The van der Waals surface area contributed by atoms with Crippen LogP contribution in [0.2, 0.25) is 5.02 Å². The van der Waals surface area contributed by atoms with Gasteiger partial charge < -0.3 is 10.2 Å². The minimum absolute atomic E-state index is 0.0364. The summed E-state index contributed by atoms with van der Waals surface area (Å²) in [7, 11) is 2.12. The number of likely N-dealkylation sites (tertiary alicyclic amines) is 1. The summed E-state index contributed by atoms with van der Waals surface area (Å²) in [5, 5.41) is 14.5. The molecule has 1 fully saturated rings. The number of benzene rings is 1. The maximum absolute atomic E-state index is 11.1. The Balaban J connectivity index is 2.08. The minimum atomic E-state index is -0.429. The summed E-state index contributed by atoms with van der Waals surface area (Å²) < 4.78 is 0. The SMILES string of the molecule is CN1CCC(C)(CNc2cccc(Cl)c2[N+](=O)[O-])CC1. The molecule has 1 aromatic rings. The lowest BCUT2D eigenvalue weighted by Gasteiger charge is -2.38. The van der Waals surface area contributed by atoms with Gasteiger partial charge in [-0.15, -0.1) is 0 Å². The smallest absolute Gasteiger partial charge is 0.310 e. The molecule has 1 heterocycles. The van der Waals surface area contributed by atoms with Crippen LogP contribution < -0.4 is 5.32 Å². The third-order valence-electron chi connectivity index (χ3n) is 4.07. The molecule has 0 spiro atoms. The lowest BCUT2D eigenvalue weighted by molar-refractivity contribution is -0.383. The molecule has 5 nitrogen and oxygen atoms in total. The fourth-order valence-electron chi connectivity index (χ4n) is 2.49. The van der Waals surface area contributed by atoms with Gasteiger partial charge in [0.05, 0.1) is 4.92 Å². The maximum atomic E-state index is 11.1. The van der Waals surface area contributed by atoms with Gasteiger partial charge >= 0.3 is 5.69 Å². The van der Waals surface area contributed by atoms with Crippen LogP contribution in [0.4, 0.5) is 11.4 Å². The van der Waals surface area contributed by atoms with Crippen molar-refractivity contribution in [2.45, 2.75) is 19.8 Å². The third kappa shape index (κ3) is 3.41. The average Bonchev–Trinajstić information content (AvgIpc) is 2.40. The third-order valence-corrected chi connectivity index (χ3v) is 4.37. The van der Waals surface area contributed by atoms with E-state index in [0.717, 1.165) is 32.5 Å². The van der Waals surface area contributed by atoms with Gasteiger partial charge in [-0.1, -0.05) is 24.6 Å². The number of nitro benzene ring substituents is 1. The van der Waals surface area contributed by atoms with Crippen molar-refractivity contribution in [3.05, 3.63) is 33.3 Å². The molecule has 1 aliphatic heterocycles. The summed E-state index contributed by atoms with van der Waals surface area (Å²) in [4.78, 5) is 13.0. The van der Waals surface area contributed by atoms with Gasteiger partial charge in [-0.25, -0.2) is 0 Å². The van der Waals surface area contributed by atoms with Crippen molar-refractivity contribution in [2.24, 2.45) is 5.41 Å². The Labute approximate surface area is 124 Å². The van der Waals surface area contributed by atoms with Crippen LogP contribution in [0, 0.1) is 15.5 Å². The number of rotatable bonds is 4. The van der Waals surface area contributed by atoms with Crippen molar-refractivity contribution in [3.8, 4) is 0 Å². The molecule has 2 rings (SSSR count). The zero-order valence-electron chi connectivity index (χ0n) is 11.9. The van der Waals surface area contributed by atoms with Crippen LogP contribution in [0.3, 0.4) is 0 Å². The monoisotopic (exact) mass is 297 g/mol. The van der Waals surface area contributed by atoms with E-state index in [1.54, 1.807) is 18.2 Å². The van der Waals surface area contributed by atoms with Crippen molar-refractivity contribution in [2.75, 3.05) is 32.0 Å². The van der Waals surface area contributed by atoms with E-state index in [9.17, 15) is 10.1 Å². The summed E-state index contributed by atoms with van der Waals surface area (Å²) in [5.41, 5.74) is 0.635. The quantitative estimate of drug-likeness (QED) is 0.683. The molecule has 20 heavy (non-hydrogen) atoms. The lowest BCUT2D eigenvalue weighted by atomic mass is 9.80. The Morgan fingerprint density at radius 3 is 2.70 bits per heavy atom. The molecule has 1 saturated heterocycles. The fraction of sp³-hybridized carbons (Fsp3) is 0.571. The fourth-order valence-corrected chi connectivity index (χ4v) is 2.73. The topological polar surface area (TPSA) is 58.4 Å². The van der Waals surface area contributed by atoms with Gasteiger partial charge in [0.2, 0.25) is 0 Å². The van der Waals surface area contributed by atoms with E-state index in [-0.39, 0.29) is 16.1 Å². The Morgan fingerprint density at radius 2 is 2.10 bits per heavy atom. The zero-order valence-corrected chi connectivity index (χ0v) is 12.6. The number of nitro groups is 1. The number of nitrogens with one attached hydrogen (secondary N) is 1. The van der Waals surface area contributed by atoms with Gasteiger partial charge in [0.25, 0.3) is 0 Å². The number of piperidine rings is 1.